The van der Waals surface area contributed by atoms with Gasteiger partial charge in [0.1, 0.15) is 12.6 Å². The zero-order chi connectivity index (χ0) is 18.4. The van der Waals surface area contributed by atoms with Gasteiger partial charge in [-0.15, -0.1) is 0 Å². The van der Waals surface area contributed by atoms with Gasteiger partial charge >= 0.3 is 0 Å². The number of piperazine rings is 1. The van der Waals surface area contributed by atoms with Gasteiger partial charge in [-0.3, -0.25) is 4.79 Å². The number of carbonyl (C=O) groups excluding carboxylic acids is 1. The second-order valence-electron chi connectivity index (χ2n) is 5.97. The van der Waals surface area contributed by atoms with Crippen molar-refractivity contribution in [3.8, 4) is 11.5 Å². The van der Waals surface area contributed by atoms with Crippen molar-refractivity contribution in [2.75, 3.05) is 45.1 Å². The maximum atomic E-state index is 12.1. The fourth-order valence-electron chi connectivity index (χ4n) is 2.71. The van der Waals surface area contributed by atoms with E-state index in [0.29, 0.717) is 26.2 Å². The van der Waals surface area contributed by atoms with Crippen molar-refractivity contribution in [2.45, 2.75) is 6.10 Å². The molecule has 1 aliphatic rings. The summed E-state index contributed by atoms with van der Waals surface area (Å²) >= 11 is 0. The molecule has 1 heterocycles. The molecule has 9 nitrogen and oxygen atoms in total. The van der Waals surface area contributed by atoms with E-state index in [2.05, 4.69) is 0 Å². The third-order valence-corrected chi connectivity index (χ3v) is 4.75. The highest BCUT2D eigenvalue weighted by Crippen LogP contribution is 2.24. The topological polar surface area (TPSA) is 132 Å². The van der Waals surface area contributed by atoms with Gasteiger partial charge in [-0.25, -0.2) is 8.42 Å². The molecule has 25 heavy (non-hydrogen) atoms. The molecule has 1 fully saturated rings. The predicted octanol–water partition coefficient (Wildman–Crippen LogP) is -2.60. The molecule has 0 saturated carbocycles. The SMILES string of the molecule is O=C(COc1ccccc1O)N1CC[NH+](C[C@@H](O)CS(=O)(=O)[O-])CC1. The Morgan fingerprint density at radius 2 is 1.96 bits per heavy atom. The number of nitrogens with one attached hydrogen (secondary N) is 1. The van der Waals surface area contributed by atoms with E-state index >= 15 is 0 Å². The molecule has 10 heteroatoms. The predicted molar refractivity (Wildman–Crippen MR) is 86.3 cm³/mol. The van der Waals surface area contributed by atoms with Crippen molar-refractivity contribution in [3.63, 3.8) is 0 Å². The van der Waals surface area contributed by atoms with Crippen LogP contribution in [-0.4, -0.2) is 85.2 Å². The minimum Gasteiger partial charge on any atom is -0.748 e. The van der Waals surface area contributed by atoms with Crippen LogP contribution in [0.1, 0.15) is 0 Å². The second kappa shape index (κ2) is 8.48. The monoisotopic (exact) mass is 374 g/mol. The van der Waals surface area contributed by atoms with Gasteiger partial charge in [0.25, 0.3) is 5.91 Å². The first kappa shape index (κ1) is 19.4. The Hall–Kier alpha value is -1.88. The van der Waals surface area contributed by atoms with Crippen LogP contribution in [0, 0.1) is 0 Å². The Morgan fingerprint density at radius 3 is 2.56 bits per heavy atom. The summed E-state index contributed by atoms with van der Waals surface area (Å²) in [6, 6.07) is 6.37. The molecule has 1 aliphatic heterocycles. The molecule has 0 aromatic heterocycles. The van der Waals surface area contributed by atoms with Crippen LogP contribution in [0.15, 0.2) is 24.3 Å². The molecule has 1 aromatic rings. The molecule has 1 atom stereocenters. The van der Waals surface area contributed by atoms with E-state index < -0.39 is 22.0 Å². The van der Waals surface area contributed by atoms with E-state index in [9.17, 15) is 28.0 Å². The van der Waals surface area contributed by atoms with Crippen molar-refractivity contribution in [2.24, 2.45) is 0 Å². The number of phenols is 1. The van der Waals surface area contributed by atoms with Crippen molar-refractivity contribution in [1.82, 2.24) is 4.90 Å². The quantitative estimate of drug-likeness (QED) is 0.446. The molecule has 0 aliphatic carbocycles. The van der Waals surface area contributed by atoms with Crippen LogP contribution < -0.4 is 9.64 Å². The van der Waals surface area contributed by atoms with Gasteiger partial charge in [0.05, 0.1) is 42.1 Å². The van der Waals surface area contributed by atoms with Crippen molar-refractivity contribution >= 4 is 16.0 Å². The maximum Gasteiger partial charge on any atom is 0.260 e. The number of aromatic hydroxyl groups is 1. The Labute approximate surface area is 146 Å². The molecule has 3 N–H and O–H groups in total. The van der Waals surface area contributed by atoms with Crippen molar-refractivity contribution in [3.05, 3.63) is 24.3 Å². The molecule has 1 amide bonds. The van der Waals surface area contributed by atoms with Crippen LogP contribution in [-0.2, 0) is 14.9 Å². The fraction of sp³-hybridized carbons (Fsp3) is 0.533. The number of benzene rings is 1. The summed E-state index contributed by atoms with van der Waals surface area (Å²) < 4.78 is 37.2. The molecule has 0 bridgehead atoms. The summed E-state index contributed by atoms with van der Waals surface area (Å²) in [6.07, 6.45) is -1.20. The Balaban J connectivity index is 1.74. The van der Waals surface area contributed by atoms with Gasteiger partial charge in [0.15, 0.2) is 18.1 Å². The average molecular weight is 374 g/mol. The first-order valence-corrected chi connectivity index (χ1v) is 9.46. The van der Waals surface area contributed by atoms with Crippen molar-refractivity contribution in [1.29, 1.82) is 0 Å². The van der Waals surface area contributed by atoms with E-state index in [1.165, 1.54) is 6.07 Å². The molecular formula is C15H22N2O7S. The van der Waals surface area contributed by atoms with Crippen LogP contribution in [0.4, 0.5) is 0 Å². The standard InChI is InChI=1S/C15H22N2O7S/c18-12(11-25(21,22)23)9-16-5-7-17(8-6-16)15(20)10-24-14-4-2-1-3-13(14)19/h1-4,12,18-19H,5-11H2,(H,21,22,23)/t12-/m1/s1. The molecule has 0 spiro atoms. The molecule has 1 saturated heterocycles. The van der Waals surface area contributed by atoms with E-state index in [1.54, 1.807) is 23.1 Å². The number of hydrogen-bond acceptors (Lipinski definition) is 7. The summed E-state index contributed by atoms with van der Waals surface area (Å²) in [5.74, 6) is -0.813. The van der Waals surface area contributed by atoms with Crippen LogP contribution >= 0.6 is 0 Å². The third kappa shape index (κ3) is 6.50. The summed E-state index contributed by atoms with van der Waals surface area (Å²) in [7, 11) is -4.45. The summed E-state index contributed by atoms with van der Waals surface area (Å²) in [5.41, 5.74) is 0. The lowest BCUT2D eigenvalue weighted by Gasteiger charge is -2.33. The van der Waals surface area contributed by atoms with Gasteiger partial charge < -0.3 is 29.3 Å². The lowest BCUT2D eigenvalue weighted by molar-refractivity contribution is -0.906. The zero-order valence-corrected chi connectivity index (χ0v) is 14.4. The minimum atomic E-state index is -4.45. The first-order chi connectivity index (χ1) is 11.7. The van der Waals surface area contributed by atoms with Crippen LogP contribution in [0.3, 0.4) is 0 Å². The van der Waals surface area contributed by atoms with Gasteiger partial charge in [-0.2, -0.15) is 0 Å². The van der Waals surface area contributed by atoms with Gasteiger partial charge in [0, 0.05) is 0 Å². The second-order valence-corrected chi connectivity index (χ2v) is 7.42. The van der Waals surface area contributed by atoms with E-state index in [0.717, 1.165) is 4.90 Å². The normalized spacial score (nSPS) is 17.3. The zero-order valence-electron chi connectivity index (χ0n) is 13.6. The Kier molecular flexibility index (Phi) is 6.59. The molecule has 140 valence electrons. The molecule has 1 aromatic carbocycles. The van der Waals surface area contributed by atoms with Crippen LogP contribution in [0.2, 0.25) is 0 Å². The van der Waals surface area contributed by atoms with Crippen molar-refractivity contribution < 1.29 is 37.6 Å². The average Bonchev–Trinajstić information content (AvgIpc) is 2.52. The molecular weight excluding hydrogens is 352 g/mol. The molecule has 2 rings (SSSR count). The smallest absolute Gasteiger partial charge is 0.260 e. The van der Waals surface area contributed by atoms with Gasteiger partial charge in [0.2, 0.25) is 0 Å². The van der Waals surface area contributed by atoms with Gasteiger partial charge in [-0.05, 0) is 12.1 Å². The molecule has 0 unspecified atom stereocenters. The van der Waals surface area contributed by atoms with E-state index in [4.69, 9.17) is 4.74 Å². The largest absolute Gasteiger partial charge is 0.748 e. The summed E-state index contributed by atoms with van der Waals surface area (Å²) in [5, 5.41) is 19.2. The number of carbonyl (C=O) groups is 1. The minimum absolute atomic E-state index is 0.0353. The van der Waals surface area contributed by atoms with E-state index in [-0.39, 0.29) is 30.6 Å². The summed E-state index contributed by atoms with van der Waals surface area (Å²) in [6.45, 7) is 1.92. The number of nitrogens with zero attached hydrogens (tertiary/aromatic N) is 1. The lowest BCUT2D eigenvalue weighted by Crippen LogP contribution is -3.16. The first-order valence-electron chi connectivity index (χ1n) is 7.88. The number of hydrogen-bond donors (Lipinski definition) is 3. The van der Waals surface area contributed by atoms with Gasteiger partial charge in [-0.1, -0.05) is 12.1 Å². The highest BCUT2D eigenvalue weighted by atomic mass is 32.2. The highest BCUT2D eigenvalue weighted by molar-refractivity contribution is 7.85. The lowest BCUT2D eigenvalue weighted by atomic mass is 10.2. The van der Waals surface area contributed by atoms with E-state index in [1.807, 2.05) is 0 Å². The number of rotatable bonds is 7. The number of quaternary nitrogens is 1. The number of ether oxygens (including phenoxy) is 1. The third-order valence-electron chi connectivity index (χ3n) is 3.96. The number of aliphatic hydroxyl groups excluding tert-OH is 1. The van der Waals surface area contributed by atoms with Crippen LogP contribution in [0.5, 0.6) is 11.5 Å². The summed E-state index contributed by atoms with van der Waals surface area (Å²) in [4.78, 5) is 14.7. The Bertz CT molecular complexity index is 687. The number of para-hydroxylation sites is 2. The fourth-order valence-corrected chi connectivity index (χ4v) is 3.30. The number of aliphatic hydroxyl groups is 1. The van der Waals surface area contributed by atoms with Crippen LogP contribution in [0.25, 0.3) is 0 Å². The number of amides is 1. The maximum absolute atomic E-state index is 12.1. The number of phenolic OH excluding ortho intramolecular Hbond substituents is 1. The highest BCUT2D eigenvalue weighted by Gasteiger charge is 2.26. The Morgan fingerprint density at radius 1 is 1.32 bits per heavy atom. The molecule has 0 radical (unpaired) electrons.